The smallest absolute Gasteiger partial charge is 0.248 e. The van der Waals surface area contributed by atoms with Gasteiger partial charge < -0.3 is 15.3 Å². The summed E-state index contributed by atoms with van der Waals surface area (Å²) in [5, 5.41) is 12.9. The van der Waals surface area contributed by atoms with Gasteiger partial charge in [0.15, 0.2) is 0 Å². The number of rotatable bonds is 5. The molecule has 2 heterocycles. The molecule has 2 atom stereocenters. The average Bonchev–Trinajstić information content (AvgIpc) is 3.25. The van der Waals surface area contributed by atoms with Gasteiger partial charge in [-0.1, -0.05) is 18.2 Å². The number of nitrogens with zero attached hydrogens (tertiary/aromatic N) is 2. The molecule has 2 fully saturated rings. The fourth-order valence-electron chi connectivity index (χ4n) is 3.98. The van der Waals surface area contributed by atoms with E-state index in [0.29, 0.717) is 24.9 Å². The molecule has 144 valence electrons. The van der Waals surface area contributed by atoms with Crippen LogP contribution in [0.15, 0.2) is 41.0 Å². The van der Waals surface area contributed by atoms with Gasteiger partial charge in [-0.3, -0.25) is 9.79 Å². The van der Waals surface area contributed by atoms with Gasteiger partial charge in [-0.2, -0.15) is 0 Å². The Kier molecular flexibility index (Phi) is 4.54. The van der Waals surface area contributed by atoms with Crippen LogP contribution in [0.2, 0.25) is 0 Å². The molecule has 5 nitrogen and oxygen atoms in total. The largest absolute Gasteiger partial charge is 0.391 e. The lowest BCUT2D eigenvalue weighted by molar-refractivity contribution is -0.126. The number of benzene rings is 1. The molecule has 0 radical (unpaired) electrons. The molecular formula is C21H26FN3O2. The Labute approximate surface area is 159 Å². The molecule has 27 heavy (non-hydrogen) atoms. The van der Waals surface area contributed by atoms with Crippen LogP contribution in [-0.2, 0) is 11.2 Å². The molecule has 0 aromatic heterocycles. The van der Waals surface area contributed by atoms with Gasteiger partial charge in [0.05, 0.1) is 6.10 Å². The quantitative estimate of drug-likeness (QED) is 0.834. The lowest BCUT2D eigenvalue weighted by Gasteiger charge is -2.33. The number of amides is 1. The van der Waals surface area contributed by atoms with Gasteiger partial charge >= 0.3 is 0 Å². The van der Waals surface area contributed by atoms with E-state index in [1.165, 1.54) is 6.07 Å². The highest BCUT2D eigenvalue weighted by Crippen LogP contribution is 2.40. The van der Waals surface area contributed by atoms with Crippen molar-refractivity contribution in [3.63, 3.8) is 0 Å². The molecular weight excluding hydrogens is 345 g/mol. The summed E-state index contributed by atoms with van der Waals surface area (Å²) in [4.78, 5) is 19.7. The standard InChI is InChI=1S/C21H26FN3O2/c1-20(13-16(6-10-23-20)25-11-7-17(26)14-25)19(27)24-21(8-9-21)12-15-4-2-3-5-18(15)22/h2-6,10,17,26H,7-9,11-14H2,1H3,(H,24,27)/t17-,20?/m0/s1. The van der Waals surface area contributed by atoms with Crippen LogP contribution in [0.25, 0.3) is 0 Å². The van der Waals surface area contributed by atoms with Crippen LogP contribution in [0.4, 0.5) is 4.39 Å². The maximum atomic E-state index is 14.0. The number of aliphatic hydroxyl groups excluding tert-OH is 1. The average molecular weight is 371 g/mol. The van der Waals surface area contributed by atoms with Gasteiger partial charge in [0, 0.05) is 37.0 Å². The summed E-state index contributed by atoms with van der Waals surface area (Å²) in [6, 6.07) is 6.74. The second-order valence-corrected chi connectivity index (χ2v) is 8.28. The molecule has 1 unspecified atom stereocenters. The topological polar surface area (TPSA) is 64.9 Å². The number of aliphatic hydroxyl groups is 1. The number of hydrogen-bond donors (Lipinski definition) is 2. The second kappa shape index (κ2) is 6.75. The van der Waals surface area contributed by atoms with E-state index in [4.69, 9.17) is 0 Å². The molecule has 1 saturated carbocycles. The van der Waals surface area contributed by atoms with Crippen molar-refractivity contribution in [1.29, 1.82) is 0 Å². The Hall–Kier alpha value is -2.21. The molecule has 1 aromatic carbocycles. The van der Waals surface area contributed by atoms with Crippen molar-refractivity contribution in [2.24, 2.45) is 4.99 Å². The highest BCUT2D eigenvalue weighted by Gasteiger charge is 2.48. The van der Waals surface area contributed by atoms with Crippen molar-refractivity contribution in [1.82, 2.24) is 10.2 Å². The molecule has 1 amide bonds. The number of allylic oxidation sites excluding steroid dienone is 1. The van der Waals surface area contributed by atoms with Crippen molar-refractivity contribution < 1.29 is 14.3 Å². The molecule has 1 aliphatic carbocycles. The summed E-state index contributed by atoms with van der Waals surface area (Å²) in [5.74, 6) is -0.337. The number of nitrogens with one attached hydrogen (secondary N) is 1. The van der Waals surface area contributed by atoms with Crippen molar-refractivity contribution >= 4 is 12.1 Å². The first-order chi connectivity index (χ1) is 12.9. The maximum absolute atomic E-state index is 14.0. The number of halogens is 1. The molecule has 6 heteroatoms. The second-order valence-electron chi connectivity index (χ2n) is 8.28. The number of likely N-dealkylation sites (tertiary alicyclic amines) is 1. The molecule has 0 bridgehead atoms. The number of β-amino-alcohol motifs (C(OH)–C–C–N with tert-alkyl or cyclic N) is 1. The summed E-state index contributed by atoms with van der Waals surface area (Å²) in [7, 11) is 0. The summed E-state index contributed by atoms with van der Waals surface area (Å²) < 4.78 is 14.0. The fourth-order valence-corrected chi connectivity index (χ4v) is 3.98. The van der Waals surface area contributed by atoms with Crippen LogP contribution >= 0.6 is 0 Å². The SMILES string of the molecule is CC1(C(=O)NC2(Cc3ccccc3F)CC2)CC(N2CC[C@H](O)C2)=CC=N1. The molecule has 1 saturated heterocycles. The van der Waals surface area contributed by atoms with Crippen LogP contribution in [0.3, 0.4) is 0 Å². The summed E-state index contributed by atoms with van der Waals surface area (Å²) in [5.41, 5.74) is 0.447. The lowest BCUT2D eigenvalue weighted by Crippen LogP contribution is -2.51. The van der Waals surface area contributed by atoms with E-state index in [1.54, 1.807) is 18.3 Å². The van der Waals surface area contributed by atoms with E-state index < -0.39 is 5.54 Å². The Morgan fingerprint density at radius 1 is 1.41 bits per heavy atom. The summed E-state index contributed by atoms with van der Waals surface area (Å²) >= 11 is 0. The number of hydrogen-bond acceptors (Lipinski definition) is 4. The van der Waals surface area contributed by atoms with Crippen LogP contribution < -0.4 is 5.32 Å². The Balaban J connectivity index is 1.43. The lowest BCUT2D eigenvalue weighted by atomic mass is 9.91. The minimum atomic E-state index is -0.873. The molecule has 2 aliphatic heterocycles. The minimum absolute atomic E-state index is 0.113. The van der Waals surface area contributed by atoms with E-state index in [1.807, 2.05) is 19.1 Å². The first-order valence-electron chi connectivity index (χ1n) is 9.63. The number of dihydropyridines is 1. The van der Waals surface area contributed by atoms with Gasteiger partial charge in [0.2, 0.25) is 5.91 Å². The molecule has 3 aliphatic rings. The summed E-state index contributed by atoms with van der Waals surface area (Å²) in [6.07, 6.45) is 6.80. The van der Waals surface area contributed by atoms with Crippen molar-refractivity contribution in [3.05, 3.63) is 47.4 Å². The predicted molar refractivity (Wildman–Crippen MR) is 102 cm³/mol. The zero-order chi connectivity index (χ0) is 19.1. The minimum Gasteiger partial charge on any atom is -0.391 e. The first-order valence-corrected chi connectivity index (χ1v) is 9.63. The summed E-state index contributed by atoms with van der Waals surface area (Å²) in [6.45, 7) is 3.25. The van der Waals surface area contributed by atoms with Crippen LogP contribution in [-0.4, -0.2) is 52.4 Å². The first kappa shape index (κ1) is 18.2. The van der Waals surface area contributed by atoms with E-state index in [-0.39, 0.29) is 23.4 Å². The van der Waals surface area contributed by atoms with Gasteiger partial charge in [0.25, 0.3) is 0 Å². The molecule has 2 N–H and O–H groups in total. The zero-order valence-electron chi connectivity index (χ0n) is 15.6. The van der Waals surface area contributed by atoms with Crippen LogP contribution in [0.5, 0.6) is 0 Å². The van der Waals surface area contributed by atoms with Crippen molar-refractivity contribution in [2.75, 3.05) is 13.1 Å². The third-order valence-corrected chi connectivity index (χ3v) is 5.93. The highest BCUT2D eigenvalue weighted by atomic mass is 19.1. The highest BCUT2D eigenvalue weighted by molar-refractivity contribution is 5.91. The molecule has 1 aromatic rings. The fraction of sp³-hybridized carbons (Fsp3) is 0.524. The van der Waals surface area contributed by atoms with E-state index >= 15 is 0 Å². The number of carbonyl (C=O) groups is 1. The number of carbonyl (C=O) groups excluding carboxylic acids is 1. The van der Waals surface area contributed by atoms with E-state index in [0.717, 1.165) is 31.5 Å². The Bertz CT molecular complexity index is 802. The third kappa shape index (κ3) is 3.76. The Morgan fingerprint density at radius 3 is 2.85 bits per heavy atom. The van der Waals surface area contributed by atoms with Crippen molar-refractivity contribution in [3.8, 4) is 0 Å². The van der Waals surface area contributed by atoms with Gasteiger partial charge in [-0.25, -0.2) is 4.39 Å². The van der Waals surface area contributed by atoms with Crippen molar-refractivity contribution in [2.45, 2.75) is 56.2 Å². The van der Waals surface area contributed by atoms with Gasteiger partial charge in [-0.05, 0) is 50.3 Å². The molecule has 0 spiro atoms. The zero-order valence-corrected chi connectivity index (χ0v) is 15.6. The predicted octanol–water partition coefficient (Wildman–Crippen LogP) is 2.20. The van der Waals surface area contributed by atoms with Crippen LogP contribution in [0.1, 0.15) is 38.2 Å². The number of aliphatic imine (C=N–C) groups is 1. The van der Waals surface area contributed by atoms with Gasteiger partial charge in [-0.15, -0.1) is 0 Å². The third-order valence-electron chi connectivity index (χ3n) is 5.93. The normalized spacial score (nSPS) is 28.8. The van der Waals surface area contributed by atoms with Gasteiger partial charge in [0.1, 0.15) is 11.4 Å². The molecule has 4 rings (SSSR count). The van der Waals surface area contributed by atoms with E-state index in [2.05, 4.69) is 15.2 Å². The Morgan fingerprint density at radius 2 is 2.19 bits per heavy atom. The van der Waals surface area contributed by atoms with E-state index in [9.17, 15) is 14.3 Å². The van der Waals surface area contributed by atoms with Crippen LogP contribution in [0, 0.1) is 5.82 Å². The maximum Gasteiger partial charge on any atom is 0.248 e. The monoisotopic (exact) mass is 371 g/mol.